The zero-order valence-electron chi connectivity index (χ0n) is 18.5. The van der Waals surface area contributed by atoms with Crippen LogP contribution in [0.4, 0.5) is 0 Å². The third-order valence-corrected chi connectivity index (χ3v) is 7.08. The molecule has 0 fully saturated rings. The van der Waals surface area contributed by atoms with Gasteiger partial charge >= 0.3 is 0 Å². The quantitative estimate of drug-likeness (QED) is 0.413. The van der Waals surface area contributed by atoms with Gasteiger partial charge in [-0.2, -0.15) is 0 Å². The number of aromatic hydroxyl groups is 1. The number of aliphatic hydroxyl groups is 2. The monoisotopic (exact) mass is 402 g/mol. The first kappa shape index (κ1) is 22.2. The van der Waals surface area contributed by atoms with Crippen molar-refractivity contribution in [3.63, 3.8) is 0 Å². The minimum Gasteiger partial charge on any atom is -0.508 e. The predicted molar refractivity (Wildman–Crippen MR) is 117 cm³/mol. The van der Waals surface area contributed by atoms with Gasteiger partial charge in [0.1, 0.15) is 17.1 Å². The highest BCUT2D eigenvalue weighted by atomic mass is 16.5. The summed E-state index contributed by atoms with van der Waals surface area (Å²) in [6.45, 7) is 9.09. The van der Waals surface area contributed by atoms with Crippen molar-refractivity contribution < 1.29 is 20.1 Å². The standard InChI is InChI=1S/C25H38O4/c1-24(2,11-7-5-6-8-12-26)18-14-21(28)23-19-13-17(16-27)9-10-20(19)25(3,4)29-22(23)15-18/h9,14-15,19-20,26-28H,5-8,10-13,16H2,1-4H3/t19-,20-/m0/s1. The van der Waals surface area contributed by atoms with Gasteiger partial charge in [0.2, 0.25) is 0 Å². The molecule has 4 heteroatoms. The number of ether oxygens (including phenoxy) is 1. The first-order chi connectivity index (χ1) is 13.7. The van der Waals surface area contributed by atoms with Crippen molar-refractivity contribution in [1.29, 1.82) is 0 Å². The zero-order chi connectivity index (χ0) is 21.2. The van der Waals surface area contributed by atoms with E-state index in [2.05, 4.69) is 39.8 Å². The first-order valence-electron chi connectivity index (χ1n) is 11.2. The number of benzene rings is 1. The fraction of sp³-hybridized carbons (Fsp3) is 0.680. The molecule has 0 saturated carbocycles. The third-order valence-electron chi connectivity index (χ3n) is 7.08. The summed E-state index contributed by atoms with van der Waals surface area (Å²) in [6.07, 6.45) is 8.97. The molecule has 3 rings (SSSR count). The molecule has 3 N–H and O–H groups in total. The summed E-state index contributed by atoms with van der Waals surface area (Å²) in [6, 6.07) is 4.07. The molecule has 0 bridgehead atoms. The van der Waals surface area contributed by atoms with Crippen LogP contribution in [0.15, 0.2) is 23.8 Å². The van der Waals surface area contributed by atoms with Crippen molar-refractivity contribution in [3.8, 4) is 11.5 Å². The van der Waals surface area contributed by atoms with Crippen molar-refractivity contribution >= 4 is 0 Å². The molecule has 0 saturated heterocycles. The average Bonchev–Trinajstić information content (AvgIpc) is 2.66. The number of allylic oxidation sites excluding steroid dienone is 1. The minimum absolute atomic E-state index is 0.0567. The summed E-state index contributed by atoms with van der Waals surface area (Å²) >= 11 is 0. The second-order valence-corrected chi connectivity index (χ2v) is 10.1. The Bertz CT molecular complexity index is 747. The molecule has 2 aliphatic rings. The lowest BCUT2D eigenvalue weighted by molar-refractivity contribution is 0.00662. The van der Waals surface area contributed by atoms with E-state index in [0.717, 1.165) is 67.4 Å². The molecule has 0 unspecified atom stereocenters. The van der Waals surface area contributed by atoms with Crippen LogP contribution in [0.3, 0.4) is 0 Å². The number of fused-ring (bicyclic) bond motifs is 3. The van der Waals surface area contributed by atoms with Crippen LogP contribution < -0.4 is 4.74 Å². The molecule has 1 aromatic rings. The highest BCUT2D eigenvalue weighted by molar-refractivity contribution is 5.54. The normalized spacial score (nSPS) is 23.0. The third kappa shape index (κ3) is 4.64. The van der Waals surface area contributed by atoms with Crippen LogP contribution >= 0.6 is 0 Å². The summed E-state index contributed by atoms with van der Waals surface area (Å²) in [7, 11) is 0. The molecule has 2 atom stereocenters. The van der Waals surface area contributed by atoms with E-state index in [0.29, 0.717) is 11.7 Å². The van der Waals surface area contributed by atoms with Crippen molar-refractivity contribution in [3.05, 3.63) is 34.9 Å². The van der Waals surface area contributed by atoms with Crippen LogP contribution in [-0.4, -0.2) is 34.1 Å². The van der Waals surface area contributed by atoms with Crippen LogP contribution in [0.2, 0.25) is 0 Å². The van der Waals surface area contributed by atoms with Gasteiger partial charge in [-0.25, -0.2) is 0 Å². The van der Waals surface area contributed by atoms with Crippen LogP contribution in [0.1, 0.15) is 89.7 Å². The van der Waals surface area contributed by atoms with Crippen LogP contribution in [0.25, 0.3) is 0 Å². The lowest BCUT2D eigenvalue weighted by Gasteiger charge is -2.47. The van der Waals surface area contributed by atoms with Gasteiger partial charge < -0.3 is 20.1 Å². The van der Waals surface area contributed by atoms with E-state index in [1.165, 1.54) is 0 Å². The van der Waals surface area contributed by atoms with Gasteiger partial charge in [0, 0.05) is 24.0 Å². The second kappa shape index (κ2) is 8.69. The van der Waals surface area contributed by atoms with Crippen molar-refractivity contribution in [2.24, 2.45) is 5.92 Å². The van der Waals surface area contributed by atoms with Gasteiger partial charge in [0.15, 0.2) is 0 Å². The smallest absolute Gasteiger partial charge is 0.127 e. The molecular formula is C25H38O4. The molecule has 1 aliphatic heterocycles. The lowest BCUT2D eigenvalue weighted by Crippen LogP contribution is -2.45. The number of unbranched alkanes of at least 4 members (excludes halogenated alkanes) is 3. The van der Waals surface area contributed by atoms with Crippen LogP contribution in [0, 0.1) is 5.92 Å². The van der Waals surface area contributed by atoms with Crippen LogP contribution in [0.5, 0.6) is 11.5 Å². The van der Waals surface area contributed by atoms with Gasteiger partial charge in [-0.15, -0.1) is 0 Å². The summed E-state index contributed by atoms with van der Waals surface area (Å²) in [5.41, 5.74) is 2.71. The highest BCUT2D eigenvalue weighted by Crippen LogP contribution is 2.54. The molecule has 162 valence electrons. The zero-order valence-corrected chi connectivity index (χ0v) is 18.5. The Morgan fingerprint density at radius 1 is 1.10 bits per heavy atom. The van der Waals surface area contributed by atoms with Gasteiger partial charge in [-0.3, -0.25) is 0 Å². The van der Waals surface area contributed by atoms with Gasteiger partial charge in [-0.1, -0.05) is 39.2 Å². The molecule has 0 radical (unpaired) electrons. The molecule has 0 amide bonds. The van der Waals surface area contributed by atoms with E-state index in [1.54, 1.807) is 0 Å². The Hall–Kier alpha value is -1.52. The van der Waals surface area contributed by atoms with E-state index in [4.69, 9.17) is 9.84 Å². The molecule has 1 aliphatic carbocycles. The maximum atomic E-state index is 11.0. The summed E-state index contributed by atoms with van der Waals surface area (Å²) in [5.74, 6) is 1.60. The number of hydrogen-bond donors (Lipinski definition) is 3. The van der Waals surface area contributed by atoms with E-state index in [-0.39, 0.29) is 30.1 Å². The highest BCUT2D eigenvalue weighted by Gasteiger charge is 2.46. The Kier molecular flexibility index (Phi) is 6.64. The number of phenols is 1. The number of aliphatic hydroxyl groups excluding tert-OH is 2. The van der Waals surface area contributed by atoms with Gasteiger partial charge in [0.05, 0.1) is 6.61 Å². The molecular weight excluding hydrogens is 364 g/mol. The lowest BCUT2D eigenvalue weighted by atomic mass is 9.66. The Morgan fingerprint density at radius 2 is 1.83 bits per heavy atom. The topological polar surface area (TPSA) is 69.9 Å². The summed E-state index contributed by atoms with van der Waals surface area (Å²) < 4.78 is 6.45. The Morgan fingerprint density at radius 3 is 2.52 bits per heavy atom. The number of hydrogen-bond acceptors (Lipinski definition) is 4. The van der Waals surface area contributed by atoms with E-state index in [1.807, 2.05) is 6.07 Å². The van der Waals surface area contributed by atoms with E-state index < -0.39 is 0 Å². The van der Waals surface area contributed by atoms with Crippen LogP contribution in [-0.2, 0) is 5.41 Å². The number of phenolic OH excluding ortho intramolecular Hbond substituents is 1. The second-order valence-electron chi connectivity index (χ2n) is 10.1. The molecule has 1 aromatic carbocycles. The van der Waals surface area contributed by atoms with Crippen molar-refractivity contribution in [1.82, 2.24) is 0 Å². The molecule has 0 spiro atoms. The fourth-order valence-electron chi connectivity index (χ4n) is 5.16. The van der Waals surface area contributed by atoms with E-state index in [9.17, 15) is 10.2 Å². The minimum atomic E-state index is -0.311. The first-order valence-corrected chi connectivity index (χ1v) is 11.2. The molecule has 4 nitrogen and oxygen atoms in total. The molecule has 1 heterocycles. The average molecular weight is 403 g/mol. The molecule has 29 heavy (non-hydrogen) atoms. The maximum Gasteiger partial charge on any atom is 0.127 e. The maximum absolute atomic E-state index is 11.0. The SMILES string of the molecule is CC(C)(CCCCCCO)c1cc(O)c2c(c1)OC(C)(C)[C@H]1CC=C(CO)C[C@H]21. The number of rotatable bonds is 8. The van der Waals surface area contributed by atoms with E-state index >= 15 is 0 Å². The Balaban J connectivity index is 1.87. The molecule has 0 aromatic heterocycles. The fourth-order valence-corrected chi connectivity index (χ4v) is 5.16. The summed E-state index contributed by atoms with van der Waals surface area (Å²) in [5, 5.41) is 29.6. The van der Waals surface area contributed by atoms with Gasteiger partial charge in [-0.05, 0) is 68.2 Å². The summed E-state index contributed by atoms with van der Waals surface area (Å²) in [4.78, 5) is 0. The van der Waals surface area contributed by atoms with Crippen molar-refractivity contribution in [2.75, 3.05) is 13.2 Å². The van der Waals surface area contributed by atoms with Gasteiger partial charge in [0.25, 0.3) is 0 Å². The predicted octanol–water partition coefficient (Wildman–Crippen LogP) is 5.20. The Labute approximate surface area is 175 Å². The largest absolute Gasteiger partial charge is 0.508 e. The van der Waals surface area contributed by atoms with Crippen molar-refractivity contribution in [2.45, 2.75) is 89.6 Å².